The Labute approximate surface area is 60.0 Å². The first-order chi connectivity index (χ1) is 4.79. The van der Waals surface area contributed by atoms with Crippen molar-refractivity contribution in [2.24, 2.45) is 0 Å². The molecule has 0 aromatic rings. The van der Waals surface area contributed by atoms with E-state index in [9.17, 15) is 4.79 Å². The van der Waals surface area contributed by atoms with Gasteiger partial charge in [-0.15, -0.1) is 0 Å². The van der Waals surface area contributed by atoms with Crippen molar-refractivity contribution in [1.29, 1.82) is 0 Å². The molecule has 10 heavy (non-hydrogen) atoms. The summed E-state index contributed by atoms with van der Waals surface area (Å²) in [5, 5.41) is 0. The third kappa shape index (κ3) is 0.669. The number of fused-ring (bicyclic) bond motifs is 1. The molecule has 0 aliphatic carbocycles. The zero-order valence-electron chi connectivity index (χ0n) is 6.04. The maximum atomic E-state index is 11.1. The smallest absolute Gasteiger partial charge is 0.225 e. The maximum Gasteiger partial charge on any atom is 0.225 e. The zero-order chi connectivity index (χ0) is 7.14. The summed E-state index contributed by atoms with van der Waals surface area (Å²) >= 11 is 0. The monoisotopic (exact) mass is 141 g/mol. The van der Waals surface area contributed by atoms with Crippen molar-refractivity contribution in [1.82, 2.24) is 4.90 Å². The third-order valence-corrected chi connectivity index (χ3v) is 2.21. The maximum absolute atomic E-state index is 11.1. The molecule has 2 atom stereocenters. The molecule has 2 aliphatic heterocycles. The Bertz CT molecular complexity index is 169. The van der Waals surface area contributed by atoms with Crippen molar-refractivity contribution in [3.05, 3.63) is 0 Å². The Morgan fingerprint density at radius 2 is 2.50 bits per heavy atom. The molecule has 0 radical (unpaired) electrons. The van der Waals surface area contributed by atoms with E-state index >= 15 is 0 Å². The minimum absolute atomic E-state index is 0.113. The summed E-state index contributed by atoms with van der Waals surface area (Å²) < 4.78 is 5.36. The summed E-state index contributed by atoms with van der Waals surface area (Å²) in [6.45, 7) is 2.75. The second kappa shape index (κ2) is 1.95. The first-order valence-corrected chi connectivity index (χ1v) is 3.72. The number of carbonyl (C=O) groups is 1. The molecule has 0 spiro atoms. The van der Waals surface area contributed by atoms with Crippen LogP contribution in [-0.4, -0.2) is 29.7 Å². The van der Waals surface area contributed by atoms with Crippen LogP contribution in [0.4, 0.5) is 0 Å². The normalized spacial score (nSPS) is 38.9. The van der Waals surface area contributed by atoms with Crippen LogP contribution in [0.1, 0.15) is 19.8 Å². The molecular formula is C7H11NO2. The molecule has 3 nitrogen and oxygen atoms in total. The number of amides is 1. The lowest BCUT2D eigenvalue weighted by atomic mass is 10.3. The van der Waals surface area contributed by atoms with Gasteiger partial charge < -0.3 is 9.64 Å². The Morgan fingerprint density at radius 3 is 3.20 bits per heavy atom. The van der Waals surface area contributed by atoms with Gasteiger partial charge in [-0.05, 0) is 6.92 Å². The fraction of sp³-hybridized carbons (Fsp3) is 0.857. The van der Waals surface area contributed by atoms with Crippen molar-refractivity contribution < 1.29 is 9.53 Å². The molecule has 1 amide bonds. The summed E-state index contributed by atoms with van der Waals surface area (Å²) in [4.78, 5) is 13.0. The fourth-order valence-corrected chi connectivity index (χ4v) is 1.70. The molecule has 1 unspecified atom stereocenters. The number of hydrogen-bond donors (Lipinski definition) is 0. The van der Waals surface area contributed by atoms with E-state index in [-0.39, 0.29) is 12.1 Å². The molecule has 0 aromatic heterocycles. The number of ether oxygens (including phenoxy) is 1. The zero-order valence-corrected chi connectivity index (χ0v) is 6.04. The third-order valence-electron chi connectivity index (χ3n) is 2.21. The average Bonchev–Trinajstić information content (AvgIpc) is 2.40. The SMILES string of the molecule is C[C@@H]1COC2CCC(=O)N21. The van der Waals surface area contributed by atoms with Crippen molar-refractivity contribution >= 4 is 5.91 Å². The van der Waals surface area contributed by atoms with Gasteiger partial charge in [0.1, 0.15) is 6.23 Å². The van der Waals surface area contributed by atoms with Crippen molar-refractivity contribution in [2.45, 2.75) is 32.0 Å². The highest BCUT2D eigenvalue weighted by Gasteiger charge is 2.39. The average molecular weight is 141 g/mol. The highest BCUT2D eigenvalue weighted by molar-refractivity contribution is 5.79. The molecule has 3 heteroatoms. The molecule has 2 saturated heterocycles. The van der Waals surface area contributed by atoms with Crippen molar-refractivity contribution in [3.8, 4) is 0 Å². The molecular weight excluding hydrogens is 130 g/mol. The predicted octanol–water partition coefficient (Wildman–Crippen LogP) is 0.354. The topological polar surface area (TPSA) is 29.5 Å². The van der Waals surface area contributed by atoms with Gasteiger partial charge in [0.05, 0.1) is 12.6 Å². The molecule has 0 bridgehead atoms. The number of rotatable bonds is 0. The molecule has 0 aromatic carbocycles. The molecule has 0 N–H and O–H groups in total. The van der Waals surface area contributed by atoms with Crippen LogP contribution in [0.25, 0.3) is 0 Å². The van der Waals surface area contributed by atoms with Crippen LogP contribution in [0.2, 0.25) is 0 Å². The summed E-state index contributed by atoms with van der Waals surface area (Å²) in [6.07, 6.45) is 1.68. The van der Waals surface area contributed by atoms with Gasteiger partial charge in [0, 0.05) is 12.8 Å². The van der Waals surface area contributed by atoms with Crippen LogP contribution in [0.5, 0.6) is 0 Å². The van der Waals surface area contributed by atoms with E-state index < -0.39 is 0 Å². The van der Waals surface area contributed by atoms with Crippen molar-refractivity contribution in [3.63, 3.8) is 0 Å². The lowest BCUT2D eigenvalue weighted by molar-refractivity contribution is -0.130. The minimum atomic E-state index is 0.113. The van der Waals surface area contributed by atoms with E-state index in [2.05, 4.69) is 0 Å². The summed E-state index contributed by atoms with van der Waals surface area (Å²) in [5.74, 6) is 0.259. The van der Waals surface area contributed by atoms with Gasteiger partial charge in [-0.25, -0.2) is 0 Å². The van der Waals surface area contributed by atoms with Gasteiger partial charge in [-0.2, -0.15) is 0 Å². The lowest BCUT2D eigenvalue weighted by Crippen LogP contribution is -2.33. The molecule has 2 heterocycles. The molecule has 2 rings (SSSR count). The Morgan fingerprint density at radius 1 is 1.70 bits per heavy atom. The van der Waals surface area contributed by atoms with E-state index in [1.165, 1.54) is 0 Å². The standard InChI is InChI=1S/C7H11NO2/c1-5-4-10-7-3-2-6(9)8(5)7/h5,7H,2-4H2,1H3/t5-,7?/m1/s1. The largest absolute Gasteiger partial charge is 0.356 e. The second-order valence-corrected chi connectivity index (χ2v) is 2.98. The number of carbonyl (C=O) groups excluding carboxylic acids is 1. The Kier molecular flexibility index (Phi) is 1.20. The van der Waals surface area contributed by atoms with Gasteiger partial charge in [0.25, 0.3) is 0 Å². The number of nitrogens with zero attached hydrogens (tertiary/aromatic N) is 1. The Hall–Kier alpha value is -0.570. The van der Waals surface area contributed by atoms with E-state index in [1.807, 2.05) is 11.8 Å². The second-order valence-electron chi connectivity index (χ2n) is 2.98. The molecule has 2 fully saturated rings. The van der Waals surface area contributed by atoms with Crippen LogP contribution in [0.15, 0.2) is 0 Å². The van der Waals surface area contributed by atoms with Gasteiger partial charge in [-0.1, -0.05) is 0 Å². The molecule has 56 valence electrons. The van der Waals surface area contributed by atoms with Crippen LogP contribution in [0, 0.1) is 0 Å². The van der Waals surface area contributed by atoms with Crippen LogP contribution in [-0.2, 0) is 9.53 Å². The summed E-state index contributed by atoms with van der Waals surface area (Å²) in [5.41, 5.74) is 0. The quantitative estimate of drug-likeness (QED) is 0.487. The van der Waals surface area contributed by atoms with Crippen LogP contribution >= 0.6 is 0 Å². The van der Waals surface area contributed by atoms with Crippen LogP contribution < -0.4 is 0 Å². The Balaban J connectivity index is 2.19. The van der Waals surface area contributed by atoms with Gasteiger partial charge in [0.2, 0.25) is 5.91 Å². The van der Waals surface area contributed by atoms with Crippen LogP contribution in [0.3, 0.4) is 0 Å². The first-order valence-electron chi connectivity index (χ1n) is 3.72. The van der Waals surface area contributed by atoms with E-state index in [0.717, 1.165) is 13.0 Å². The van der Waals surface area contributed by atoms with E-state index in [1.54, 1.807) is 0 Å². The van der Waals surface area contributed by atoms with E-state index in [4.69, 9.17) is 4.74 Å². The van der Waals surface area contributed by atoms with E-state index in [0.29, 0.717) is 12.5 Å². The van der Waals surface area contributed by atoms with Gasteiger partial charge in [-0.3, -0.25) is 4.79 Å². The number of hydrogen-bond acceptors (Lipinski definition) is 2. The minimum Gasteiger partial charge on any atom is -0.356 e. The summed E-state index contributed by atoms with van der Waals surface area (Å²) in [6, 6.07) is 0.306. The molecule has 2 aliphatic rings. The lowest BCUT2D eigenvalue weighted by Gasteiger charge is -2.17. The highest BCUT2D eigenvalue weighted by atomic mass is 16.5. The highest BCUT2D eigenvalue weighted by Crippen LogP contribution is 2.27. The fourth-order valence-electron chi connectivity index (χ4n) is 1.70. The van der Waals surface area contributed by atoms with Crippen molar-refractivity contribution in [2.75, 3.05) is 6.61 Å². The first kappa shape index (κ1) is 6.16. The molecule has 0 saturated carbocycles. The predicted molar refractivity (Wildman–Crippen MR) is 35.3 cm³/mol. The summed E-state index contributed by atoms with van der Waals surface area (Å²) in [7, 11) is 0. The van der Waals surface area contributed by atoms with Gasteiger partial charge in [0.15, 0.2) is 0 Å². The van der Waals surface area contributed by atoms with Gasteiger partial charge >= 0.3 is 0 Å².